The summed E-state index contributed by atoms with van der Waals surface area (Å²) in [5, 5.41) is 8.56. The van der Waals surface area contributed by atoms with Gasteiger partial charge in [0.25, 0.3) is 0 Å². The van der Waals surface area contributed by atoms with E-state index in [9.17, 15) is 9.59 Å². The van der Waals surface area contributed by atoms with Crippen molar-refractivity contribution in [1.29, 1.82) is 0 Å². The van der Waals surface area contributed by atoms with E-state index in [4.69, 9.17) is 4.74 Å². The molecule has 0 saturated carbocycles. The molecule has 1 aliphatic heterocycles. The lowest BCUT2D eigenvalue weighted by atomic mass is 9.88. The number of halogens is 1. The van der Waals surface area contributed by atoms with Crippen LogP contribution in [-0.4, -0.2) is 32.7 Å². The zero-order valence-electron chi connectivity index (χ0n) is 14.6. The number of ketones is 2. The zero-order valence-corrected chi connectivity index (χ0v) is 16.8. The highest BCUT2D eigenvalue weighted by atomic mass is 127. The summed E-state index contributed by atoms with van der Waals surface area (Å²) >= 11 is 2.22. The van der Waals surface area contributed by atoms with Gasteiger partial charge in [-0.2, -0.15) is 0 Å². The standard InChI is InChI=1S/C21H14IN3O3/c22-21-17(12-6-2-1-3-7-12)23-24-25(21)11-13-10-16-19(27)18(26)14-8-4-5-9-15(14)20(16)28-13/h1-9,13H,10-11H2. The van der Waals surface area contributed by atoms with E-state index in [1.807, 2.05) is 42.5 Å². The Balaban J connectivity index is 1.41. The van der Waals surface area contributed by atoms with Crippen molar-refractivity contribution in [2.24, 2.45) is 0 Å². The van der Waals surface area contributed by atoms with Crippen molar-refractivity contribution >= 4 is 39.9 Å². The van der Waals surface area contributed by atoms with Crippen LogP contribution in [0.1, 0.15) is 22.3 Å². The first kappa shape index (κ1) is 17.3. The largest absolute Gasteiger partial charge is 0.487 e. The maximum atomic E-state index is 12.5. The van der Waals surface area contributed by atoms with Crippen LogP contribution < -0.4 is 0 Å². The average molecular weight is 483 g/mol. The Morgan fingerprint density at radius 2 is 1.71 bits per heavy atom. The molecule has 2 aliphatic rings. The molecule has 1 aromatic heterocycles. The molecule has 5 rings (SSSR count). The first-order valence-corrected chi connectivity index (χ1v) is 9.94. The average Bonchev–Trinajstić information content (AvgIpc) is 3.31. The van der Waals surface area contributed by atoms with Gasteiger partial charge in [0, 0.05) is 23.1 Å². The van der Waals surface area contributed by atoms with E-state index in [1.165, 1.54) is 0 Å². The summed E-state index contributed by atoms with van der Waals surface area (Å²) in [5.74, 6) is -0.390. The van der Waals surface area contributed by atoms with Gasteiger partial charge < -0.3 is 4.74 Å². The van der Waals surface area contributed by atoms with Gasteiger partial charge in [0.2, 0.25) is 11.6 Å². The van der Waals surface area contributed by atoms with E-state index in [0.29, 0.717) is 35.4 Å². The minimum atomic E-state index is -0.463. The summed E-state index contributed by atoms with van der Waals surface area (Å²) < 4.78 is 8.78. The third kappa shape index (κ3) is 2.69. The molecule has 28 heavy (non-hydrogen) atoms. The molecule has 3 aromatic rings. The fourth-order valence-electron chi connectivity index (χ4n) is 3.65. The number of hydrogen-bond acceptors (Lipinski definition) is 5. The van der Waals surface area contributed by atoms with Crippen LogP contribution in [-0.2, 0) is 16.1 Å². The molecule has 2 heterocycles. The van der Waals surface area contributed by atoms with Gasteiger partial charge in [-0.1, -0.05) is 59.8 Å². The number of fused-ring (bicyclic) bond motifs is 2. The molecule has 138 valence electrons. The zero-order chi connectivity index (χ0) is 19.3. The molecule has 7 heteroatoms. The molecule has 1 unspecified atom stereocenters. The van der Waals surface area contributed by atoms with Crippen molar-refractivity contribution < 1.29 is 14.3 Å². The van der Waals surface area contributed by atoms with E-state index >= 15 is 0 Å². The number of benzene rings is 2. The normalized spacial score (nSPS) is 18.1. The van der Waals surface area contributed by atoms with E-state index < -0.39 is 11.6 Å². The van der Waals surface area contributed by atoms with Crippen LogP contribution >= 0.6 is 22.6 Å². The highest BCUT2D eigenvalue weighted by Gasteiger charge is 2.40. The fourth-order valence-corrected chi connectivity index (χ4v) is 4.36. The van der Waals surface area contributed by atoms with E-state index in [1.54, 1.807) is 16.8 Å². The first-order chi connectivity index (χ1) is 13.6. The number of Topliss-reactive ketones (excluding diaryl/α,β-unsaturated/α-hetero) is 2. The van der Waals surface area contributed by atoms with Crippen LogP contribution in [0.4, 0.5) is 0 Å². The van der Waals surface area contributed by atoms with Gasteiger partial charge >= 0.3 is 0 Å². The highest BCUT2D eigenvalue weighted by molar-refractivity contribution is 14.1. The molecule has 1 atom stereocenters. The molecule has 0 N–H and O–H groups in total. The number of aromatic nitrogens is 3. The second-order valence-electron chi connectivity index (χ2n) is 6.73. The number of hydrogen-bond donors (Lipinski definition) is 0. The summed E-state index contributed by atoms with van der Waals surface area (Å²) in [5.41, 5.74) is 3.38. The van der Waals surface area contributed by atoms with Crippen LogP contribution in [0.25, 0.3) is 17.0 Å². The molecule has 0 amide bonds. The van der Waals surface area contributed by atoms with Crippen molar-refractivity contribution in [2.45, 2.75) is 19.1 Å². The van der Waals surface area contributed by atoms with Crippen LogP contribution in [0.3, 0.4) is 0 Å². The van der Waals surface area contributed by atoms with Crippen molar-refractivity contribution in [3.63, 3.8) is 0 Å². The Kier molecular flexibility index (Phi) is 4.12. The quantitative estimate of drug-likeness (QED) is 0.421. The van der Waals surface area contributed by atoms with E-state index in [0.717, 1.165) is 15.0 Å². The monoisotopic (exact) mass is 483 g/mol. The van der Waals surface area contributed by atoms with Gasteiger partial charge in [-0.05, 0) is 22.6 Å². The van der Waals surface area contributed by atoms with Gasteiger partial charge in [-0.25, -0.2) is 4.68 Å². The molecule has 1 aliphatic carbocycles. The molecule has 0 spiro atoms. The number of ether oxygens (including phenoxy) is 1. The van der Waals surface area contributed by atoms with E-state index in [-0.39, 0.29) is 6.10 Å². The Hall–Kier alpha value is -2.81. The van der Waals surface area contributed by atoms with E-state index in [2.05, 4.69) is 32.9 Å². The smallest absolute Gasteiger partial charge is 0.234 e. The second kappa shape index (κ2) is 6.66. The molecule has 0 fully saturated rings. The molecular weight excluding hydrogens is 469 g/mol. The number of carbonyl (C=O) groups excluding carboxylic acids is 2. The van der Waals surface area contributed by atoms with Crippen molar-refractivity contribution in [3.8, 4) is 11.3 Å². The third-order valence-electron chi connectivity index (χ3n) is 4.99. The van der Waals surface area contributed by atoms with Crippen LogP contribution in [0, 0.1) is 3.70 Å². The highest BCUT2D eigenvalue weighted by Crippen LogP contribution is 2.39. The molecule has 2 aromatic carbocycles. The predicted molar refractivity (Wildman–Crippen MR) is 110 cm³/mol. The van der Waals surface area contributed by atoms with Gasteiger partial charge in [-0.15, -0.1) is 5.10 Å². The maximum absolute atomic E-state index is 12.5. The van der Waals surface area contributed by atoms with Gasteiger partial charge in [0.15, 0.2) is 0 Å². The van der Waals surface area contributed by atoms with Crippen LogP contribution in [0.5, 0.6) is 0 Å². The summed E-state index contributed by atoms with van der Waals surface area (Å²) in [7, 11) is 0. The maximum Gasteiger partial charge on any atom is 0.234 e. The summed E-state index contributed by atoms with van der Waals surface area (Å²) in [6.45, 7) is 0.453. The van der Waals surface area contributed by atoms with Crippen molar-refractivity contribution in [2.75, 3.05) is 0 Å². The Morgan fingerprint density at radius 3 is 2.50 bits per heavy atom. The summed E-state index contributed by atoms with van der Waals surface area (Å²) in [4.78, 5) is 24.9. The summed E-state index contributed by atoms with van der Waals surface area (Å²) in [6.07, 6.45) is 0.122. The fraction of sp³-hybridized carbons (Fsp3) is 0.143. The van der Waals surface area contributed by atoms with Crippen LogP contribution in [0.2, 0.25) is 0 Å². The van der Waals surface area contributed by atoms with Gasteiger partial charge in [-0.3, -0.25) is 9.59 Å². The van der Waals surface area contributed by atoms with Crippen LogP contribution in [0.15, 0.2) is 60.2 Å². The number of nitrogens with zero attached hydrogens (tertiary/aromatic N) is 3. The lowest BCUT2D eigenvalue weighted by molar-refractivity contribution is -0.112. The number of carbonyl (C=O) groups is 2. The van der Waals surface area contributed by atoms with Gasteiger partial charge in [0.1, 0.15) is 21.3 Å². The number of rotatable bonds is 3. The molecule has 0 saturated heterocycles. The molecule has 0 radical (unpaired) electrons. The molecule has 6 nitrogen and oxygen atoms in total. The SMILES string of the molecule is O=C1C(=O)c2ccccc2C2=C1CC(Cn1nnc(-c3ccccc3)c1I)O2. The molecule has 0 bridgehead atoms. The van der Waals surface area contributed by atoms with Gasteiger partial charge in [0.05, 0.1) is 12.1 Å². The lowest BCUT2D eigenvalue weighted by Gasteiger charge is -2.16. The Bertz CT molecular complexity index is 1150. The lowest BCUT2D eigenvalue weighted by Crippen LogP contribution is -2.22. The topological polar surface area (TPSA) is 74.1 Å². The Morgan fingerprint density at radius 1 is 1.00 bits per heavy atom. The first-order valence-electron chi connectivity index (χ1n) is 8.86. The second-order valence-corrected chi connectivity index (χ2v) is 7.75. The van der Waals surface area contributed by atoms with Crippen molar-refractivity contribution in [1.82, 2.24) is 15.0 Å². The minimum absolute atomic E-state index is 0.272. The Labute approximate surface area is 174 Å². The summed E-state index contributed by atoms with van der Waals surface area (Å²) in [6, 6.07) is 17.0. The minimum Gasteiger partial charge on any atom is -0.487 e. The third-order valence-corrected chi connectivity index (χ3v) is 6.05. The molecular formula is C21H14IN3O3. The van der Waals surface area contributed by atoms with Crippen molar-refractivity contribution in [3.05, 3.63) is 75.0 Å². The predicted octanol–water partition coefficient (Wildman–Crippen LogP) is 3.52.